The molecule has 0 radical (unpaired) electrons. The molecule has 0 bridgehead atoms. The molecule has 0 aliphatic rings. The second-order valence-electron chi connectivity index (χ2n) is 4.51. The van der Waals surface area contributed by atoms with E-state index in [9.17, 15) is 9.59 Å². The largest absolute Gasteiger partial charge is 0.383 e. The predicted molar refractivity (Wildman–Crippen MR) is 70.8 cm³/mol. The maximum atomic E-state index is 11.9. The molecule has 0 aliphatic carbocycles. The minimum absolute atomic E-state index is 0.0730. The number of aromatic nitrogens is 5. The molecule has 2 aromatic heterocycles. The quantitative estimate of drug-likeness (QED) is 0.810. The van der Waals surface area contributed by atoms with Crippen molar-refractivity contribution in [3.8, 4) is 0 Å². The number of rotatable bonds is 4. The predicted octanol–water partition coefficient (Wildman–Crippen LogP) is -0.00830. The highest BCUT2D eigenvalue weighted by Gasteiger charge is 2.13. The Balaban J connectivity index is 2.01. The van der Waals surface area contributed by atoms with Crippen molar-refractivity contribution < 1.29 is 9.59 Å². The standard InChI is InChI=1S/C11H15N7O2/c1-7(2)11(20)14-9-5-17(16-15-9)6-10(19)18-8(12)3-4-13-18/h3-5,7H,6,12H2,1-2H3,(H,14,20). The van der Waals surface area contributed by atoms with Crippen LogP contribution in [0, 0.1) is 5.92 Å². The van der Waals surface area contributed by atoms with E-state index in [0.29, 0.717) is 5.82 Å². The van der Waals surface area contributed by atoms with E-state index in [1.807, 2.05) is 0 Å². The van der Waals surface area contributed by atoms with E-state index in [1.54, 1.807) is 13.8 Å². The number of anilines is 2. The molecule has 0 aliphatic heterocycles. The highest BCUT2D eigenvalue weighted by molar-refractivity contribution is 5.91. The summed E-state index contributed by atoms with van der Waals surface area (Å²) in [6, 6.07) is 1.52. The van der Waals surface area contributed by atoms with Gasteiger partial charge in [-0.3, -0.25) is 9.59 Å². The molecule has 9 nitrogen and oxygen atoms in total. The summed E-state index contributed by atoms with van der Waals surface area (Å²) in [6.45, 7) is 3.46. The van der Waals surface area contributed by atoms with Crippen LogP contribution >= 0.6 is 0 Å². The summed E-state index contributed by atoms with van der Waals surface area (Å²) in [6.07, 6.45) is 2.90. The zero-order chi connectivity index (χ0) is 14.7. The molecule has 2 heterocycles. The molecule has 1 amide bonds. The van der Waals surface area contributed by atoms with Gasteiger partial charge in [0, 0.05) is 12.0 Å². The van der Waals surface area contributed by atoms with E-state index >= 15 is 0 Å². The van der Waals surface area contributed by atoms with Gasteiger partial charge in [0.1, 0.15) is 12.4 Å². The molecule has 0 saturated carbocycles. The third-order valence-electron chi connectivity index (χ3n) is 2.52. The van der Waals surface area contributed by atoms with Crippen molar-refractivity contribution in [3.63, 3.8) is 0 Å². The van der Waals surface area contributed by atoms with Crippen LogP contribution in [0.4, 0.5) is 11.6 Å². The first-order valence-electron chi connectivity index (χ1n) is 6.01. The first-order valence-corrected chi connectivity index (χ1v) is 6.01. The fourth-order valence-electron chi connectivity index (χ4n) is 1.43. The summed E-state index contributed by atoms with van der Waals surface area (Å²) in [5.41, 5.74) is 5.58. The van der Waals surface area contributed by atoms with Crippen LogP contribution in [-0.2, 0) is 11.3 Å². The molecule has 0 unspecified atom stereocenters. The average Bonchev–Trinajstić information content (AvgIpc) is 2.98. The summed E-state index contributed by atoms with van der Waals surface area (Å²) >= 11 is 0. The second-order valence-corrected chi connectivity index (χ2v) is 4.51. The Morgan fingerprint density at radius 3 is 2.80 bits per heavy atom. The molecule has 20 heavy (non-hydrogen) atoms. The van der Waals surface area contributed by atoms with E-state index in [1.165, 1.54) is 23.1 Å². The van der Waals surface area contributed by atoms with Gasteiger partial charge in [0.2, 0.25) is 5.91 Å². The number of carbonyl (C=O) groups excluding carboxylic acids is 2. The van der Waals surface area contributed by atoms with Gasteiger partial charge in [0.25, 0.3) is 5.91 Å². The molecule has 106 valence electrons. The molecule has 2 aromatic rings. The summed E-state index contributed by atoms with van der Waals surface area (Å²) < 4.78 is 2.38. The maximum Gasteiger partial charge on any atom is 0.270 e. The van der Waals surface area contributed by atoms with Crippen LogP contribution < -0.4 is 11.1 Å². The van der Waals surface area contributed by atoms with Crippen molar-refractivity contribution in [2.24, 2.45) is 5.92 Å². The summed E-state index contributed by atoms with van der Waals surface area (Å²) in [5, 5.41) is 13.9. The highest BCUT2D eigenvalue weighted by Crippen LogP contribution is 2.05. The Hall–Kier alpha value is -2.71. The fraction of sp³-hybridized carbons (Fsp3) is 0.364. The fourth-order valence-corrected chi connectivity index (χ4v) is 1.43. The van der Waals surface area contributed by atoms with Crippen molar-refractivity contribution in [2.45, 2.75) is 20.4 Å². The van der Waals surface area contributed by atoms with Crippen LogP contribution in [0.2, 0.25) is 0 Å². The molecule has 3 N–H and O–H groups in total. The first kappa shape index (κ1) is 13.7. The van der Waals surface area contributed by atoms with Crippen LogP contribution in [0.15, 0.2) is 18.5 Å². The third kappa shape index (κ3) is 2.99. The summed E-state index contributed by atoms with van der Waals surface area (Å²) in [5.74, 6) is -0.127. The minimum atomic E-state index is -0.348. The number of nitrogen functional groups attached to an aromatic ring is 1. The van der Waals surface area contributed by atoms with Crippen LogP contribution in [0.25, 0.3) is 0 Å². The van der Waals surface area contributed by atoms with Gasteiger partial charge in [-0.05, 0) is 0 Å². The van der Waals surface area contributed by atoms with Crippen molar-refractivity contribution in [1.82, 2.24) is 24.8 Å². The number of carbonyl (C=O) groups is 2. The Kier molecular flexibility index (Phi) is 3.78. The lowest BCUT2D eigenvalue weighted by Gasteiger charge is -2.03. The smallest absolute Gasteiger partial charge is 0.270 e. The van der Waals surface area contributed by atoms with Gasteiger partial charge in [-0.1, -0.05) is 19.1 Å². The van der Waals surface area contributed by atoms with E-state index in [-0.39, 0.29) is 30.1 Å². The van der Waals surface area contributed by atoms with Gasteiger partial charge < -0.3 is 11.1 Å². The molecule has 0 fully saturated rings. The molecule has 0 atom stereocenters. The number of nitrogens with two attached hydrogens (primary N) is 1. The van der Waals surface area contributed by atoms with Crippen molar-refractivity contribution in [1.29, 1.82) is 0 Å². The Labute approximate surface area is 114 Å². The Bertz CT molecular complexity index is 628. The van der Waals surface area contributed by atoms with Crippen LogP contribution in [0.5, 0.6) is 0 Å². The van der Waals surface area contributed by atoms with Crippen molar-refractivity contribution >= 4 is 23.5 Å². The summed E-state index contributed by atoms with van der Waals surface area (Å²) in [4.78, 5) is 23.4. The van der Waals surface area contributed by atoms with E-state index in [2.05, 4.69) is 20.7 Å². The third-order valence-corrected chi connectivity index (χ3v) is 2.52. The van der Waals surface area contributed by atoms with Gasteiger partial charge in [-0.2, -0.15) is 9.78 Å². The molecular weight excluding hydrogens is 262 g/mol. The highest BCUT2D eigenvalue weighted by atomic mass is 16.2. The van der Waals surface area contributed by atoms with Gasteiger partial charge in [-0.25, -0.2) is 4.68 Å². The topological polar surface area (TPSA) is 121 Å². The number of hydrogen-bond acceptors (Lipinski definition) is 6. The molecule has 0 aromatic carbocycles. The lowest BCUT2D eigenvalue weighted by Crippen LogP contribution is -2.21. The number of nitrogens with zero attached hydrogens (tertiary/aromatic N) is 5. The average molecular weight is 277 g/mol. The van der Waals surface area contributed by atoms with Gasteiger partial charge >= 0.3 is 0 Å². The maximum absolute atomic E-state index is 11.9. The van der Waals surface area contributed by atoms with Crippen molar-refractivity contribution in [3.05, 3.63) is 18.5 Å². The Morgan fingerprint density at radius 2 is 2.20 bits per heavy atom. The molecule has 9 heteroatoms. The van der Waals surface area contributed by atoms with Crippen LogP contribution in [0.1, 0.15) is 18.6 Å². The normalized spacial score (nSPS) is 10.8. The number of hydrogen-bond donors (Lipinski definition) is 2. The SMILES string of the molecule is CC(C)C(=O)Nc1cn(CC(=O)n2nccc2N)nn1. The zero-order valence-corrected chi connectivity index (χ0v) is 11.1. The van der Waals surface area contributed by atoms with E-state index < -0.39 is 0 Å². The minimum Gasteiger partial charge on any atom is -0.383 e. The Morgan fingerprint density at radius 1 is 1.45 bits per heavy atom. The molecule has 2 rings (SSSR count). The van der Waals surface area contributed by atoms with Gasteiger partial charge in [-0.15, -0.1) is 5.10 Å². The van der Waals surface area contributed by atoms with E-state index in [4.69, 9.17) is 5.73 Å². The van der Waals surface area contributed by atoms with Gasteiger partial charge in [0.05, 0.1) is 12.4 Å². The van der Waals surface area contributed by atoms with E-state index in [0.717, 1.165) is 4.68 Å². The summed E-state index contributed by atoms with van der Waals surface area (Å²) in [7, 11) is 0. The second kappa shape index (κ2) is 5.51. The molecular formula is C11H15N7O2. The lowest BCUT2D eigenvalue weighted by molar-refractivity contribution is -0.118. The molecule has 0 saturated heterocycles. The lowest BCUT2D eigenvalue weighted by atomic mass is 10.2. The van der Waals surface area contributed by atoms with Gasteiger partial charge in [0.15, 0.2) is 5.82 Å². The van der Waals surface area contributed by atoms with Crippen LogP contribution in [-0.4, -0.2) is 36.6 Å². The zero-order valence-electron chi connectivity index (χ0n) is 11.1. The van der Waals surface area contributed by atoms with Crippen molar-refractivity contribution in [2.75, 3.05) is 11.1 Å². The monoisotopic (exact) mass is 277 g/mol. The number of amides is 1. The molecule has 0 spiro atoms. The first-order chi connectivity index (χ1) is 9.47. The van der Waals surface area contributed by atoms with Crippen LogP contribution in [0.3, 0.4) is 0 Å². The number of nitrogens with one attached hydrogen (secondary N) is 1.